The van der Waals surface area contributed by atoms with E-state index in [9.17, 15) is 4.79 Å². The maximum absolute atomic E-state index is 10.1. The zero-order chi connectivity index (χ0) is 9.40. The van der Waals surface area contributed by atoms with Crippen LogP contribution in [-0.2, 0) is 4.79 Å². The minimum Gasteiger partial charge on any atom is -0.303 e. The molecule has 0 N–H and O–H groups in total. The van der Waals surface area contributed by atoms with Crippen LogP contribution in [-0.4, -0.2) is 6.29 Å². The largest absolute Gasteiger partial charge is 0.303 e. The summed E-state index contributed by atoms with van der Waals surface area (Å²) < 4.78 is 0. The van der Waals surface area contributed by atoms with Crippen LogP contribution in [0.25, 0.3) is 0 Å². The molecule has 1 atom stereocenters. The quantitative estimate of drug-likeness (QED) is 0.437. The number of hydrogen-bond donors (Lipinski definition) is 0. The molecule has 0 aliphatic heterocycles. The van der Waals surface area contributed by atoms with Gasteiger partial charge in [0.1, 0.15) is 6.29 Å². The lowest BCUT2D eigenvalue weighted by molar-refractivity contribution is -0.108. The van der Waals surface area contributed by atoms with Gasteiger partial charge in [0.25, 0.3) is 0 Å². The third kappa shape index (κ3) is 5.90. The first-order chi connectivity index (χ1) is 5.70. The molecule has 0 aromatic carbocycles. The summed E-state index contributed by atoms with van der Waals surface area (Å²) >= 11 is 0. The van der Waals surface area contributed by atoms with Crippen LogP contribution < -0.4 is 0 Å². The molecule has 1 unspecified atom stereocenters. The molecule has 68 valence electrons. The van der Waals surface area contributed by atoms with Gasteiger partial charge in [-0.1, -0.05) is 31.2 Å². The molecule has 0 spiro atoms. The second kappa shape index (κ2) is 6.84. The van der Waals surface area contributed by atoms with Crippen LogP contribution in [0.15, 0.2) is 24.3 Å². The number of hydrogen-bond acceptors (Lipinski definition) is 1. The fourth-order valence-electron chi connectivity index (χ4n) is 0.961. The lowest BCUT2D eigenvalue weighted by Gasteiger charge is -2.03. The summed E-state index contributed by atoms with van der Waals surface area (Å²) in [6.45, 7) is 7.81. The van der Waals surface area contributed by atoms with Gasteiger partial charge in [-0.05, 0) is 25.7 Å². The molecule has 0 amide bonds. The molecule has 0 aromatic rings. The molecule has 0 saturated carbocycles. The smallest absolute Gasteiger partial charge is 0.120 e. The Bertz CT molecular complexity index is 168. The van der Waals surface area contributed by atoms with Crippen molar-refractivity contribution in [3.63, 3.8) is 0 Å². The van der Waals surface area contributed by atoms with Gasteiger partial charge < -0.3 is 4.79 Å². The van der Waals surface area contributed by atoms with E-state index < -0.39 is 0 Å². The highest BCUT2D eigenvalue weighted by Crippen LogP contribution is 2.10. The van der Waals surface area contributed by atoms with Crippen molar-refractivity contribution in [3.05, 3.63) is 24.3 Å². The number of allylic oxidation sites excluding steroid dienone is 3. The Morgan fingerprint density at radius 1 is 1.58 bits per heavy atom. The highest BCUT2D eigenvalue weighted by molar-refractivity contribution is 5.49. The van der Waals surface area contributed by atoms with E-state index in [1.54, 1.807) is 0 Å². The van der Waals surface area contributed by atoms with Crippen molar-refractivity contribution < 1.29 is 4.79 Å². The summed E-state index contributed by atoms with van der Waals surface area (Å²) in [5, 5.41) is 0. The van der Waals surface area contributed by atoms with Gasteiger partial charge in [0, 0.05) is 6.42 Å². The molecule has 1 nitrogen and oxygen atoms in total. The zero-order valence-corrected chi connectivity index (χ0v) is 8.05. The molecular formula is C11H18O. The summed E-state index contributed by atoms with van der Waals surface area (Å²) in [6.07, 6.45) is 7.82. The minimum atomic E-state index is 0.511. The van der Waals surface area contributed by atoms with Crippen molar-refractivity contribution in [2.75, 3.05) is 0 Å². The van der Waals surface area contributed by atoms with Gasteiger partial charge in [0.05, 0.1) is 0 Å². The molecule has 0 aliphatic rings. The van der Waals surface area contributed by atoms with Crippen molar-refractivity contribution in [1.29, 1.82) is 0 Å². The van der Waals surface area contributed by atoms with Gasteiger partial charge in [0.2, 0.25) is 0 Å². The summed E-state index contributed by atoms with van der Waals surface area (Å²) in [5.74, 6) is 0.511. The minimum absolute atomic E-state index is 0.511. The van der Waals surface area contributed by atoms with E-state index in [2.05, 4.69) is 19.6 Å². The van der Waals surface area contributed by atoms with Crippen LogP contribution in [0.3, 0.4) is 0 Å². The zero-order valence-electron chi connectivity index (χ0n) is 8.05. The van der Waals surface area contributed by atoms with Gasteiger partial charge >= 0.3 is 0 Å². The summed E-state index contributed by atoms with van der Waals surface area (Å²) in [6, 6.07) is 0. The molecule has 0 bridgehead atoms. The fourth-order valence-corrected chi connectivity index (χ4v) is 0.961. The average Bonchev–Trinajstić information content (AvgIpc) is 2.04. The Labute approximate surface area is 75.2 Å². The maximum Gasteiger partial charge on any atom is 0.120 e. The maximum atomic E-state index is 10.1. The molecule has 0 heterocycles. The summed E-state index contributed by atoms with van der Waals surface area (Å²) in [4.78, 5) is 10.1. The van der Waals surface area contributed by atoms with E-state index in [-0.39, 0.29) is 0 Å². The first-order valence-corrected chi connectivity index (χ1v) is 4.43. The molecule has 0 saturated heterocycles. The highest BCUT2D eigenvalue weighted by Gasteiger charge is 1.98. The molecule has 1 heteroatoms. The van der Waals surface area contributed by atoms with E-state index in [4.69, 9.17) is 0 Å². The highest BCUT2D eigenvalue weighted by atomic mass is 16.1. The molecular weight excluding hydrogens is 148 g/mol. The predicted molar refractivity (Wildman–Crippen MR) is 53.0 cm³/mol. The van der Waals surface area contributed by atoms with E-state index in [1.807, 2.05) is 13.0 Å². The van der Waals surface area contributed by atoms with Gasteiger partial charge in [-0.15, -0.1) is 0 Å². The molecule has 0 aliphatic carbocycles. The van der Waals surface area contributed by atoms with Gasteiger partial charge in [-0.3, -0.25) is 0 Å². The lowest BCUT2D eigenvalue weighted by atomic mass is 10.0. The van der Waals surface area contributed by atoms with Crippen molar-refractivity contribution in [1.82, 2.24) is 0 Å². The first kappa shape index (κ1) is 11.2. The van der Waals surface area contributed by atoms with Crippen LogP contribution in [0.5, 0.6) is 0 Å². The molecule has 0 rings (SSSR count). The molecule has 0 fully saturated rings. The monoisotopic (exact) mass is 166 g/mol. The second-order valence-corrected chi connectivity index (χ2v) is 3.24. The van der Waals surface area contributed by atoms with E-state index in [1.165, 1.54) is 5.57 Å². The van der Waals surface area contributed by atoms with Gasteiger partial charge in [-0.25, -0.2) is 0 Å². The molecule has 12 heavy (non-hydrogen) atoms. The van der Waals surface area contributed by atoms with Crippen LogP contribution in [0.4, 0.5) is 0 Å². The van der Waals surface area contributed by atoms with Crippen LogP contribution in [0, 0.1) is 5.92 Å². The van der Waals surface area contributed by atoms with Crippen molar-refractivity contribution >= 4 is 6.29 Å². The number of carbonyl (C=O) groups excluding carboxylic acids is 1. The standard InChI is InChI=1S/C11H18O/c1-4-10(2)6-5-7-11(3)8-9-12/h4,6,9,11H,1,5,7-8H2,2-3H3/b10-6+. The summed E-state index contributed by atoms with van der Waals surface area (Å²) in [7, 11) is 0. The van der Waals surface area contributed by atoms with Crippen molar-refractivity contribution in [2.45, 2.75) is 33.1 Å². The third-order valence-corrected chi connectivity index (χ3v) is 1.95. The van der Waals surface area contributed by atoms with Crippen LogP contribution >= 0.6 is 0 Å². The number of rotatable bonds is 6. The Balaban J connectivity index is 3.54. The third-order valence-electron chi connectivity index (χ3n) is 1.95. The SMILES string of the molecule is C=C/C(C)=C/CCC(C)CC=O. The summed E-state index contributed by atoms with van der Waals surface area (Å²) in [5.41, 5.74) is 1.22. The Hall–Kier alpha value is -0.850. The first-order valence-electron chi connectivity index (χ1n) is 4.43. The lowest BCUT2D eigenvalue weighted by Crippen LogP contribution is -1.93. The number of carbonyl (C=O) groups is 1. The van der Waals surface area contributed by atoms with E-state index in [0.29, 0.717) is 12.3 Å². The predicted octanol–water partition coefficient (Wildman–Crippen LogP) is 3.12. The van der Waals surface area contributed by atoms with Crippen LogP contribution in [0.2, 0.25) is 0 Å². The second-order valence-electron chi connectivity index (χ2n) is 3.24. The normalized spacial score (nSPS) is 14.0. The van der Waals surface area contributed by atoms with Crippen LogP contribution in [0.1, 0.15) is 33.1 Å². The number of aldehydes is 1. The fraction of sp³-hybridized carbons (Fsp3) is 0.545. The van der Waals surface area contributed by atoms with Gasteiger partial charge in [0.15, 0.2) is 0 Å². The Morgan fingerprint density at radius 2 is 2.25 bits per heavy atom. The van der Waals surface area contributed by atoms with Crippen molar-refractivity contribution in [2.24, 2.45) is 5.92 Å². The van der Waals surface area contributed by atoms with E-state index >= 15 is 0 Å². The Morgan fingerprint density at radius 3 is 2.75 bits per heavy atom. The average molecular weight is 166 g/mol. The van der Waals surface area contributed by atoms with Crippen molar-refractivity contribution in [3.8, 4) is 0 Å². The Kier molecular flexibility index (Phi) is 6.35. The topological polar surface area (TPSA) is 17.1 Å². The molecule has 0 radical (unpaired) electrons. The molecule has 0 aromatic heterocycles. The van der Waals surface area contributed by atoms with Gasteiger partial charge in [-0.2, -0.15) is 0 Å². The van der Waals surface area contributed by atoms with E-state index in [0.717, 1.165) is 19.1 Å².